The Hall–Kier alpha value is -0.930. The summed E-state index contributed by atoms with van der Waals surface area (Å²) in [6, 6.07) is 1.83. The van der Waals surface area contributed by atoms with E-state index in [4.69, 9.17) is 10.2 Å². The van der Waals surface area contributed by atoms with Gasteiger partial charge < -0.3 is 10.2 Å². The molecule has 3 nitrogen and oxygen atoms in total. The van der Waals surface area contributed by atoms with Crippen molar-refractivity contribution in [3.63, 3.8) is 0 Å². The zero-order chi connectivity index (χ0) is 8.97. The Balaban J connectivity index is 2.92. The van der Waals surface area contributed by atoms with Gasteiger partial charge in [0.15, 0.2) is 0 Å². The van der Waals surface area contributed by atoms with E-state index in [1.807, 2.05) is 13.0 Å². The fraction of sp³-hybridized carbons (Fsp3) is 0.444. The van der Waals surface area contributed by atoms with Gasteiger partial charge >= 0.3 is 0 Å². The van der Waals surface area contributed by atoms with Gasteiger partial charge in [-0.15, -0.1) is 0 Å². The number of hydrogen-bond acceptors (Lipinski definition) is 3. The van der Waals surface area contributed by atoms with E-state index in [1.165, 1.54) is 0 Å². The molecule has 0 spiro atoms. The third-order valence-corrected chi connectivity index (χ3v) is 1.94. The summed E-state index contributed by atoms with van der Waals surface area (Å²) in [5.41, 5.74) is 1.97. The molecule has 0 aromatic carbocycles. The molecule has 0 aliphatic rings. The maximum absolute atomic E-state index is 8.92. The van der Waals surface area contributed by atoms with Crippen molar-refractivity contribution < 1.29 is 10.2 Å². The van der Waals surface area contributed by atoms with Crippen LogP contribution in [0.2, 0.25) is 0 Å². The molecule has 0 aliphatic heterocycles. The van der Waals surface area contributed by atoms with Gasteiger partial charge in [-0.05, 0) is 24.1 Å². The molecule has 0 saturated heterocycles. The molecular weight excluding hydrogens is 154 g/mol. The minimum atomic E-state index is -0.173. The van der Waals surface area contributed by atoms with E-state index in [9.17, 15) is 0 Å². The number of pyridine rings is 1. The molecule has 0 aliphatic carbocycles. The summed E-state index contributed by atoms with van der Waals surface area (Å²) >= 11 is 0. The number of aromatic nitrogens is 1. The van der Waals surface area contributed by atoms with Crippen LogP contribution >= 0.6 is 0 Å². The Labute approximate surface area is 71.7 Å². The quantitative estimate of drug-likeness (QED) is 0.687. The Morgan fingerprint density at radius 1 is 1.42 bits per heavy atom. The topological polar surface area (TPSA) is 53.4 Å². The lowest BCUT2D eigenvalue weighted by molar-refractivity contribution is 0.192. The molecule has 2 N–H and O–H groups in total. The van der Waals surface area contributed by atoms with Crippen molar-refractivity contribution in [1.82, 2.24) is 4.98 Å². The summed E-state index contributed by atoms with van der Waals surface area (Å²) in [5, 5.41) is 17.8. The van der Waals surface area contributed by atoms with Crippen molar-refractivity contribution >= 4 is 0 Å². The van der Waals surface area contributed by atoms with Crippen molar-refractivity contribution in [2.45, 2.75) is 12.8 Å². The number of aliphatic hydroxyl groups is 2. The van der Waals surface area contributed by atoms with Crippen LogP contribution in [0.4, 0.5) is 0 Å². The smallest absolute Gasteiger partial charge is 0.0521 e. The second-order valence-electron chi connectivity index (χ2n) is 2.79. The third kappa shape index (κ3) is 1.81. The standard InChI is InChI=1S/C9H13NO2/c1-7-4-10-3-2-9(7)8(5-11)6-12/h2-4,8,11-12H,5-6H2,1H3. The van der Waals surface area contributed by atoms with Crippen molar-refractivity contribution in [2.75, 3.05) is 13.2 Å². The van der Waals surface area contributed by atoms with Gasteiger partial charge in [-0.3, -0.25) is 4.98 Å². The van der Waals surface area contributed by atoms with Gasteiger partial charge in [0.2, 0.25) is 0 Å². The fourth-order valence-electron chi connectivity index (χ4n) is 1.20. The van der Waals surface area contributed by atoms with E-state index >= 15 is 0 Å². The summed E-state index contributed by atoms with van der Waals surface area (Å²) in [6.07, 6.45) is 3.40. The van der Waals surface area contributed by atoms with Crippen LogP contribution in [0.15, 0.2) is 18.5 Å². The zero-order valence-electron chi connectivity index (χ0n) is 7.07. The summed E-state index contributed by atoms with van der Waals surface area (Å²) in [5.74, 6) is -0.173. The average molecular weight is 167 g/mol. The molecule has 0 bridgehead atoms. The first-order valence-corrected chi connectivity index (χ1v) is 3.91. The lowest BCUT2D eigenvalue weighted by Crippen LogP contribution is -2.10. The molecule has 12 heavy (non-hydrogen) atoms. The summed E-state index contributed by atoms with van der Waals surface area (Å²) in [7, 11) is 0. The molecule has 1 aromatic rings. The minimum Gasteiger partial charge on any atom is -0.396 e. The second kappa shape index (κ2) is 4.18. The molecule has 0 amide bonds. The predicted molar refractivity (Wildman–Crippen MR) is 45.9 cm³/mol. The molecular formula is C9H13NO2. The van der Waals surface area contributed by atoms with E-state index < -0.39 is 0 Å². The van der Waals surface area contributed by atoms with E-state index in [0.29, 0.717) is 0 Å². The monoisotopic (exact) mass is 167 g/mol. The van der Waals surface area contributed by atoms with Gasteiger partial charge in [-0.25, -0.2) is 0 Å². The molecule has 0 fully saturated rings. The molecule has 0 unspecified atom stereocenters. The first kappa shape index (κ1) is 9.16. The molecule has 66 valence electrons. The van der Waals surface area contributed by atoms with E-state index in [0.717, 1.165) is 11.1 Å². The maximum Gasteiger partial charge on any atom is 0.0521 e. The Morgan fingerprint density at radius 2 is 2.08 bits per heavy atom. The van der Waals surface area contributed by atoms with Gasteiger partial charge in [0.1, 0.15) is 0 Å². The summed E-state index contributed by atoms with van der Waals surface area (Å²) < 4.78 is 0. The molecule has 0 saturated carbocycles. The third-order valence-electron chi connectivity index (χ3n) is 1.94. The minimum absolute atomic E-state index is 0.0264. The highest BCUT2D eigenvalue weighted by Crippen LogP contribution is 2.17. The molecule has 1 aromatic heterocycles. The number of aliphatic hydroxyl groups excluding tert-OH is 2. The van der Waals surface area contributed by atoms with Crippen molar-refractivity contribution in [3.05, 3.63) is 29.6 Å². The zero-order valence-corrected chi connectivity index (χ0v) is 7.07. The van der Waals surface area contributed by atoms with E-state index in [1.54, 1.807) is 12.4 Å². The summed E-state index contributed by atoms with van der Waals surface area (Å²) in [6.45, 7) is 1.86. The van der Waals surface area contributed by atoms with Crippen molar-refractivity contribution in [3.8, 4) is 0 Å². The van der Waals surface area contributed by atoms with Crippen LogP contribution in [0, 0.1) is 6.92 Å². The van der Waals surface area contributed by atoms with Gasteiger partial charge in [-0.1, -0.05) is 0 Å². The van der Waals surface area contributed by atoms with Crippen LogP contribution in [0.5, 0.6) is 0 Å². The SMILES string of the molecule is Cc1cnccc1C(CO)CO. The highest BCUT2D eigenvalue weighted by Gasteiger charge is 2.10. The van der Waals surface area contributed by atoms with Crippen LogP contribution in [-0.4, -0.2) is 28.4 Å². The average Bonchev–Trinajstić information content (AvgIpc) is 2.10. The predicted octanol–water partition coefficient (Wildman–Crippen LogP) is 0.458. The summed E-state index contributed by atoms with van der Waals surface area (Å²) in [4.78, 5) is 3.93. The van der Waals surface area contributed by atoms with Crippen LogP contribution in [0.3, 0.4) is 0 Å². The van der Waals surface area contributed by atoms with Crippen molar-refractivity contribution in [1.29, 1.82) is 0 Å². The van der Waals surface area contributed by atoms with Crippen LogP contribution in [-0.2, 0) is 0 Å². The van der Waals surface area contributed by atoms with Gasteiger partial charge in [0, 0.05) is 18.3 Å². The van der Waals surface area contributed by atoms with Crippen LogP contribution in [0.1, 0.15) is 17.0 Å². The number of aryl methyl sites for hydroxylation is 1. The van der Waals surface area contributed by atoms with Gasteiger partial charge in [0.05, 0.1) is 13.2 Å². The van der Waals surface area contributed by atoms with E-state index in [2.05, 4.69) is 4.98 Å². The highest BCUT2D eigenvalue weighted by atomic mass is 16.3. The lowest BCUT2D eigenvalue weighted by atomic mass is 9.98. The molecule has 0 atom stereocenters. The largest absolute Gasteiger partial charge is 0.396 e. The maximum atomic E-state index is 8.92. The lowest BCUT2D eigenvalue weighted by Gasteiger charge is -2.12. The Morgan fingerprint density at radius 3 is 2.58 bits per heavy atom. The number of hydrogen-bond donors (Lipinski definition) is 2. The molecule has 1 rings (SSSR count). The normalized spacial score (nSPS) is 10.7. The molecule has 3 heteroatoms. The van der Waals surface area contributed by atoms with Crippen LogP contribution < -0.4 is 0 Å². The number of rotatable bonds is 3. The first-order valence-electron chi connectivity index (χ1n) is 3.91. The molecule has 0 radical (unpaired) electrons. The fourth-order valence-corrected chi connectivity index (χ4v) is 1.20. The van der Waals surface area contributed by atoms with Gasteiger partial charge in [-0.2, -0.15) is 0 Å². The Kier molecular flexibility index (Phi) is 3.19. The van der Waals surface area contributed by atoms with Crippen molar-refractivity contribution in [2.24, 2.45) is 0 Å². The molecule has 1 heterocycles. The first-order chi connectivity index (χ1) is 5.79. The second-order valence-corrected chi connectivity index (χ2v) is 2.79. The highest BCUT2D eigenvalue weighted by molar-refractivity contribution is 5.25. The van der Waals surface area contributed by atoms with E-state index in [-0.39, 0.29) is 19.1 Å². The Bertz CT molecular complexity index is 246. The number of nitrogens with zero attached hydrogens (tertiary/aromatic N) is 1. The van der Waals surface area contributed by atoms with Crippen LogP contribution in [0.25, 0.3) is 0 Å². The van der Waals surface area contributed by atoms with Gasteiger partial charge in [0.25, 0.3) is 0 Å².